The van der Waals surface area contributed by atoms with E-state index in [2.05, 4.69) is 15.3 Å². The summed E-state index contributed by atoms with van der Waals surface area (Å²) in [7, 11) is 0. The van der Waals surface area contributed by atoms with Crippen LogP contribution in [0.3, 0.4) is 0 Å². The monoisotopic (exact) mass is 389 g/mol. The summed E-state index contributed by atoms with van der Waals surface area (Å²) >= 11 is 0. The van der Waals surface area contributed by atoms with E-state index in [0.717, 1.165) is 16.5 Å². The smallest absolute Gasteiger partial charge is 0.347 e. The first-order chi connectivity index (χ1) is 14.1. The maximum absolute atomic E-state index is 12.9. The highest BCUT2D eigenvalue weighted by molar-refractivity contribution is 6.26. The normalized spacial score (nSPS) is 15.1. The second kappa shape index (κ2) is 7.63. The molecule has 1 aliphatic heterocycles. The lowest BCUT2D eigenvalue weighted by Gasteiger charge is -2.09. The zero-order chi connectivity index (χ0) is 20.4. The van der Waals surface area contributed by atoms with E-state index in [9.17, 15) is 9.59 Å². The van der Waals surface area contributed by atoms with E-state index in [-0.39, 0.29) is 23.8 Å². The third-order valence-electron chi connectivity index (χ3n) is 4.45. The first-order valence-electron chi connectivity index (χ1n) is 9.18. The molecule has 0 amide bonds. The molecule has 7 nitrogen and oxygen atoms in total. The Bertz CT molecular complexity index is 1160. The van der Waals surface area contributed by atoms with Crippen LogP contribution in [0.2, 0.25) is 0 Å². The number of ether oxygens (including phenoxy) is 2. The molecule has 0 aliphatic carbocycles. The number of Topliss-reactive ketones (excluding diaryl/α,β-unsaturated/α-hetero) is 1. The van der Waals surface area contributed by atoms with Crippen LogP contribution < -0.4 is 5.32 Å². The molecule has 3 heterocycles. The first-order valence-corrected chi connectivity index (χ1v) is 9.18. The van der Waals surface area contributed by atoms with Crippen molar-refractivity contribution in [1.29, 1.82) is 0 Å². The lowest BCUT2D eigenvalue weighted by Crippen LogP contribution is -2.16. The molecule has 7 heteroatoms. The van der Waals surface area contributed by atoms with Crippen LogP contribution in [0.25, 0.3) is 17.1 Å². The summed E-state index contributed by atoms with van der Waals surface area (Å²) in [6, 6.07) is 11.2. The van der Waals surface area contributed by atoms with Gasteiger partial charge in [-0.1, -0.05) is 17.7 Å². The minimum Gasteiger partial charge on any atom is -0.462 e. The molecule has 0 atom stereocenters. The van der Waals surface area contributed by atoms with Gasteiger partial charge >= 0.3 is 5.97 Å². The van der Waals surface area contributed by atoms with Crippen LogP contribution in [0, 0.1) is 6.92 Å². The van der Waals surface area contributed by atoms with Crippen molar-refractivity contribution in [3.8, 4) is 0 Å². The summed E-state index contributed by atoms with van der Waals surface area (Å²) in [4.78, 5) is 32.6. The molecular formula is C22H19N3O4. The number of benzene rings is 1. The highest BCUT2D eigenvalue weighted by atomic mass is 16.5. The molecule has 3 aromatic rings. The summed E-state index contributed by atoms with van der Waals surface area (Å²) in [6.45, 7) is 3.81. The standard InChI is InChI=1S/C22H19N3O4/c1-3-28-22(27)18-19(26)17(11-14-12-24-20-16(14)5-4-10-23-20)29-21(18)25-15-8-6-13(2)7-9-15/h4-12,25H,3H2,1-2H3,(H,23,24). The molecule has 1 aliphatic rings. The quantitative estimate of drug-likeness (QED) is 0.393. The molecular weight excluding hydrogens is 370 g/mol. The Morgan fingerprint density at radius 2 is 2.07 bits per heavy atom. The molecule has 146 valence electrons. The Balaban J connectivity index is 1.70. The van der Waals surface area contributed by atoms with E-state index >= 15 is 0 Å². The Kier molecular flexibility index (Phi) is 4.87. The van der Waals surface area contributed by atoms with E-state index in [4.69, 9.17) is 9.47 Å². The van der Waals surface area contributed by atoms with Crippen LogP contribution >= 0.6 is 0 Å². The number of aromatic nitrogens is 2. The average molecular weight is 389 g/mol. The molecule has 1 aromatic carbocycles. The number of rotatable bonds is 5. The summed E-state index contributed by atoms with van der Waals surface area (Å²) in [5.41, 5.74) is 3.05. The topological polar surface area (TPSA) is 93.3 Å². The van der Waals surface area contributed by atoms with Gasteiger partial charge in [0, 0.05) is 29.0 Å². The van der Waals surface area contributed by atoms with Crippen molar-refractivity contribution < 1.29 is 19.1 Å². The lowest BCUT2D eigenvalue weighted by molar-refractivity contribution is -0.139. The molecule has 0 spiro atoms. The molecule has 4 rings (SSSR count). The number of anilines is 1. The Morgan fingerprint density at radius 3 is 2.83 bits per heavy atom. The fraction of sp³-hybridized carbons (Fsp3) is 0.136. The maximum atomic E-state index is 12.9. The molecule has 29 heavy (non-hydrogen) atoms. The Morgan fingerprint density at radius 1 is 1.28 bits per heavy atom. The maximum Gasteiger partial charge on any atom is 0.347 e. The molecule has 2 N–H and O–H groups in total. The highest BCUT2D eigenvalue weighted by Crippen LogP contribution is 2.30. The summed E-state index contributed by atoms with van der Waals surface area (Å²) < 4.78 is 10.8. The number of aromatic amines is 1. The predicted octanol–water partition coefficient (Wildman–Crippen LogP) is 3.70. The number of carbonyl (C=O) groups excluding carboxylic acids is 2. The van der Waals surface area contributed by atoms with E-state index < -0.39 is 11.8 Å². The number of aryl methyl sites for hydroxylation is 1. The van der Waals surface area contributed by atoms with Crippen LogP contribution in [0.5, 0.6) is 0 Å². The van der Waals surface area contributed by atoms with Crippen molar-refractivity contribution in [2.24, 2.45) is 0 Å². The van der Waals surface area contributed by atoms with Gasteiger partial charge < -0.3 is 19.8 Å². The van der Waals surface area contributed by atoms with Crippen LogP contribution in [0.1, 0.15) is 18.1 Å². The number of ketones is 1. The van der Waals surface area contributed by atoms with Crippen LogP contribution in [0.15, 0.2) is 66.0 Å². The minimum absolute atomic E-state index is 0.0346. The van der Waals surface area contributed by atoms with E-state index in [1.165, 1.54) is 0 Å². The highest BCUT2D eigenvalue weighted by Gasteiger charge is 2.37. The summed E-state index contributed by atoms with van der Waals surface area (Å²) in [5.74, 6) is -1.17. The van der Waals surface area contributed by atoms with Crippen molar-refractivity contribution in [1.82, 2.24) is 9.97 Å². The number of nitrogens with zero attached hydrogens (tertiary/aromatic N) is 1. The lowest BCUT2D eigenvalue weighted by atomic mass is 10.1. The molecule has 2 aromatic heterocycles. The third-order valence-corrected chi connectivity index (χ3v) is 4.45. The Labute approximate surface area is 167 Å². The number of hydrogen-bond donors (Lipinski definition) is 2. The predicted molar refractivity (Wildman–Crippen MR) is 109 cm³/mol. The number of carbonyl (C=O) groups is 2. The van der Waals surface area contributed by atoms with Gasteiger partial charge in [0.05, 0.1) is 6.61 Å². The van der Waals surface area contributed by atoms with Crippen molar-refractivity contribution in [3.63, 3.8) is 0 Å². The summed E-state index contributed by atoms with van der Waals surface area (Å²) in [6.07, 6.45) is 5.00. The van der Waals surface area contributed by atoms with E-state index in [0.29, 0.717) is 11.3 Å². The van der Waals surface area contributed by atoms with Crippen molar-refractivity contribution in [2.75, 3.05) is 11.9 Å². The van der Waals surface area contributed by atoms with Gasteiger partial charge in [-0.05, 0) is 44.2 Å². The molecule has 0 saturated carbocycles. The first kappa shape index (κ1) is 18.5. The molecule has 0 bridgehead atoms. The number of fused-ring (bicyclic) bond motifs is 1. The van der Waals surface area contributed by atoms with Crippen molar-refractivity contribution in [3.05, 3.63) is 77.1 Å². The van der Waals surface area contributed by atoms with Gasteiger partial charge in [-0.2, -0.15) is 0 Å². The Hall–Kier alpha value is -3.87. The molecule has 0 unspecified atom stereocenters. The zero-order valence-corrected chi connectivity index (χ0v) is 16.0. The molecule has 0 radical (unpaired) electrons. The van der Waals surface area contributed by atoms with Gasteiger partial charge in [-0.15, -0.1) is 0 Å². The minimum atomic E-state index is -0.726. The number of pyridine rings is 1. The van der Waals surface area contributed by atoms with Gasteiger partial charge in [0.15, 0.2) is 11.3 Å². The fourth-order valence-corrected chi connectivity index (χ4v) is 3.01. The van der Waals surface area contributed by atoms with Gasteiger partial charge in [0.2, 0.25) is 11.7 Å². The van der Waals surface area contributed by atoms with E-state index in [1.54, 1.807) is 25.4 Å². The second-order valence-electron chi connectivity index (χ2n) is 6.50. The number of nitrogens with one attached hydrogen (secondary N) is 2. The van der Waals surface area contributed by atoms with Crippen LogP contribution in [0.4, 0.5) is 5.69 Å². The zero-order valence-electron chi connectivity index (χ0n) is 16.0. The van der Waals surface area contributed by atoms with Crippen LogP contribution in [-0.2, 0) is 19.1 Å². The van der Waals surface area contributed by atoms with Crippen molar-refractivity contribution >= 4 is 34.5 Å². The summed E-state index contributed by atoms with van der Waals surface area (Å²) in [5, 5.41) is 3.85. The third kappa shape index (κ3) is 3.62. The van der Waals surface area contributed by atoms with Gasteiger partial charge in [0.1, 0.15) is 5.65 Å². The number of esters is 1. The number of hydrogen-bond acceptors (Lipinski definition) is 6. The number of allylic oxidation sites excluding steroid dienone is 1. The second-order valence-corrected chi connectivity index (χ2v) is 6.50. The van der Waals surface area contributed by atoms with Gasteiger partial charge in [-0.25, -0.2) is 9.78 Å². The largest absolute Gasteiger partial charge is 0.462 e. The van der Waals surface area contributed by atoms with Gasteiger partial charge in [-0.3, -0.25) is 4.79 Å². The van der Waals surface area contributed by atoms with Crippen LogP contribution in [-0.4, -0.2) is 28.3 Å². The van der Waals surface area contributed by atoms with E-state index in [1.807, 2.05) is 43.3 Å². The van der Waals surface area contributed by atoms with Crippen molar-refractivity contribution in [2.45, 2.75) is 13.8 Å². The average Bonchev–Trinajstić information content (AvgIpc) is 3.25. The SMILES string of the molecule is CCOC(=O)C1=C(Nc2ccc(C)cc2)OC(=Cc2c[nH]c3ncccc23)C1=O. The molecule has 0 fully saturated rings. The fourth-order valence-electron chi connectivity index (χ4n) is 3.01. The van der Waals surface area contributed by atoms with Gasteiger partial charge in [0.25, 0.3) is 0 Å². The molecule has 0 saturated heterocycles. The number of H-pyrrole nitrogens is 1.